The fourth-order valence-corrected chi connectivity index (χ4v) is 2.80. The van der Waals surface area contributed by atoms with Crippen LogP contribution in [0.5, 0.6) is 0 Å². The maximum Gasteiger partial charge on any atom is 0.172 e. The number of halogens is 1. The average Bonchev–Trinajstić information content (AvgIpc) is 2.92. The molecule has 0 bridgehead atoms. The molecular weight excluding hydrogens is 288 g/mol. The molecule has 0 aliphatic carbocycles. The van der Waals surface area contributed by atoms with E-state index in [4.69, 9.17) is 11.6 Å². The number of thioether (sulfide) groups is 1. The van der Waals surface area contributed by atoms with Gasteiger partial charge in [-0.1, -0.05) is 59.8 Å². The third kappa shape index (κ3) is 2.60. The lowest BCUT2D eigenvalue weighted by Crippen LogP contribution is -1.93. The average molecular weight is 301 g/mol. The van der Waals surface area contributed by atoms with Gasteiger partial charge in [0.25, 0.3) is 0 Å². The second-order valence-corrected chi connectivity index (χ2v) is 5.54. The smallest absolute Gasteiger partial charge is 0.172 e. The minimum atomic E-state index is 0.726. The predicted molar refractivity (Wildman–Crippen MR) is 85.8 cm³/mol. The molecule has 0 N–H and O–H groups in total. The Labute approximate surface area is 127 Å². The molecular formula is C16H13ClN2S. The summed E-state index contributed by atoms with van der Waals surface area (Å²) >= 11 is 7.69. The van der Waals surface area contributed by atoms with E-state index in [2.05, 4.69) is 21.7 Å². The molecule has 3 rings (SSSR count). The van der Waals surface area contributed by atoms with E-state index < -0.39 is 0 Å². The van der Waals surface area contributed by atoms with E-state index in [0.717, 1.165) is 27.1 Å². The number of aromatic nitrogens is 2. The third-order valence-electron chi connectivity index (χ3n) is 3.01. The first-order chi connectivity index (χ1) is 9.78. The van der Waals surface area contributed by atoms with Gasteiger partial charge < -0.3 is 0 Å². The van der Waals surface area contributed by atoms with Crippen LogP contribution in [0.4, 0.5) is 0 Å². The van der Waals surface area contributed by atoms with Crippen molar-refractivity contribution in [1.29, 1.82) is 0 Å². The van der Waals surface area contributed by atoms with Gasteiger partial charge in [-0.3, -0.25) is 4.57 Å². The largest absolute Gasteiger partial charge is 0.294 e. The Balaban J connectivity index is 2.10. The van der Waals surface area contributed by atoms with E-state index in [9.17, 15) is 0 Å². The van der Waals surface area contributed by atoms with Crippen LogP contribution in [-0.2, 0) is 0 Å². The van der Waals surface area contributed by atoms with Crippen molar-refractivity contribution in [3.05, 3.63) is 65.8 Å². The SMILES string of the molecule is CSc1nc(-c2ccccc2)cn1-c1cccc(Cl)c1. The quantitative estimate of drug-likeness (QED) is 0.639. The number of rotatable bonds is 3. The standard InChI is InChI=1S/C16H13ClN2S/c1-20-16-18-15(12-6-3-2-4-7-12)11-19(16)14-9-5-8-13(17)10-14/h2-11H,1H3. The van der Waals surface area contributed by atoms with Crippen LogP contribution in [0, 0.1) is 0 Å². The Kier molecular flexibility index (Phi) is 3.81. The van der Waals surface area contributed by atoms with E-state index >= 15 is 0 Å². The maximum absolute atomic E-state index is 6.07. The molecule has 100 valence electrons. The Bertz CT molecular complexity index is 722. The summed E-state index contributed by atoms with van der Waals surface area (Å²) in [5.74, 6) is 0. The van der Waals surface area contributed by atoms with Crippen LogP contribution in [-0.4, -0.2) is 15.8 Å². The molecule has 0 fully saturated rings. The highest BCUT2D eigenvalue weighted by Gasteiger charge is 2.10. The van der Waals surface area contributed by atoms with Crippen LogP contribution < -0.4 is 0 Å². The van der Waals surface area contributed by atoms with Crippen LogP contribution >= 0.6 is 23.4 Å². The maximum atomic E-state index is 6.07. The molecule has 3 aromatic rings. The van der Waals surface area contributed by atoms with Crippen LogP contribution in [0.2, 0.25) is 5.02 Å². The third-order valence-corrected chi connectivity index (χ3v) is 3.90. The van der Waals surface area contributed by atoms with Crippen LogP contribution in [0.1, 0.15) is 0 Å². The van der Waals surface area contributed by atoms with Gasteiger partial charge >= 0.3 is 0 Å². The first kappa shape index (κ1) is 13.3. The zero-order chi connectivity index (χ0) is 13.9. The summed E-state index contributed by atoms with van der Waals surface area (Å²) in [6.07, 6.45) is 4.07. The molecule has 0 aliphatic heterocycles. The zero-order valence-electron chi connectivity index (χ0n) is 11.0. The van der Waals surface area contributed by atoms with Crippen molar-refractivity contribution in [3.63, 3.8) is 0 Å². The second kappa shape index (κ2) is 5.73. The number of nitrogens with zero attached hydrogens (tertiary/aromatic N) is 2. The predicted octanol–water partition coefficient (Wildman–Crippen LogP) is 4.91. The Morgan fingerprint density at radius 2 is 1.85 bits per heavy atom. The van der Waals surface area contributed by atoms with Gasteiger partial charge in [0, 0.05) is 22.5 Å². The molecule has 0 spiro atoms. The highest BCUT2D eigenvalue weighted by molar-refractivity contribution is 7.98. The molecule has 1 heterocycles. The van der Waals surface area contributed by atoms with E-state index in [1.54, 1.807) is 11.8 Å². The van der Waals surface area contributed by atoms with Crippen molar-refractivity contribution in [2.24, 2.45) is 0 Å². The van der Waals surface area contributed by atoms with Gasteiger partial charge in [0.1, 0.15) is 0 Å². The molecule has 0 atom stereocenters. The minimum absolute atomic E-state index is 0.726. The normalized spacial score (nSPS) is 10.7. The monoisotopic (exact) mass is 300 g/mol. The molecule has 0 amide bonds. The van der Waals surface area contributed by atoms with E-state index in [1.165, 1.54) is 0 Å². The molecule has 20 heavy (non-hydrogen) atoms. The van der Waals surface area contributed by atoms with Gasteiger partial charge in [0.2, 0.25) is 0 Å². The van der Waals surface area contributed by atoms with Crippen molar-refractivity contribution in [2.45, 2.75) is 5.16 Å². The Morgan fingerprint density at radius 3 is 2.55 bits per heavy atom. The zero-order valence-corrected chi connectivity index (χ0v) is 12.5. The highest BCUT2D eigenvalue weighted by atomic mass is 35.5. The van der Waals surface area contributed by atoms with Gasteiger partial charge in [-0.25, -0.2) is 4.98 Å². The summed E-state index contributed by atoms with van der Waals surface area (Å²) in [5.41, 5.74) is 3.11. The summed E-state index contributed by atoms with van der Waals surface area (Å²) in [6.45, 7) is 0. The van der Waals surface area contributed by atoms with Crippen LogP contribution in [0.25, 0.3) is 16.9 Å². The van der Waals surface area contributed by atoms with Crippen molar-refractivity contribution in [1.82, 2.24) is 9.55 Å². The number of benzene rings is 2. The molecule has 0 radical (unpaired) electrons. The summed E-state index contributed by atoms with van der Waals surface area (Å²) in [6, 6.07) is 18.0. The van der Waals surface area contributed by atoms with Gasteiger partial charge in [-0.05, 0) is 24.5 Å². The van der Waals surface area contributed by atoms with Crippen molar-refractivity contribution >= 4 is 23.4 Å². The van der Waals surface area contributed by atoms with Crippen molar-refractivity contribution in [3.8, 4) is 16.9 Å². The topological polar surface area (TPSA) is 17.8 Å². The minimum Gasteiger partial charge on any atom is -0.294 e. The fraction of sp³-hybridized carbons (Fsp3) is 0.0625. The lowest BCUT2D eigenvalue weighted by Gasteiger charge is -2.05. The van der Waals surface area contributed by atoms with Crippen molar-refractivity contribution < 1.29 is 0 Å². The molecule has 0 saturated heterocycles. The molecule has 2 nitrogen and oxygen atoms in total. The van der Waals surface area contributed by atoms with Crippen LogP contribution in [0.3, 0.4) is 0 Å². The van der Waals surface area contributed by atoms with Gasteiger partial charge in [0.05, 0.1) is 5.69 Å². The Hall–Kier alpha value is -1.71. The van der Waals surface area contributed by atoms with Crippen molar-refractivity contribution in [2.75, 3.05) is 6.26 Å². The molecule has 1 aromatic heterocycles. The lowest BCUT2D eigenvalue weighted by molar-refractivity contribution is 0.898. The number of hydrogen-bond acceptors (Lipinski definition) is 2. The summed E-state index contributed by atoms with van der Waals surface area (Å²) in [5, 5.41) is 1.68. The molecule has 2 aromatic carbocycles. The first-order valence-corrected chi connectivity index (χ1v) is 7.83. The summed E-state index contributed by atoms with van der Waals surface area (Å²) in [7, 11) is 0. The van der Waals surface area contributed by atoms with Gasteiger partial charge in [-0.15, -0.1) is 0 Å². The van der Waals surface area contributed by atoms with E-state index in [-0.39, 0.29) is 0 Å². The highest BCUT2D eigenvalue weighted by Crippen LogP contribution is 2.26. The first-order valence-electron chi connectivity index (χ1n) is 6.22. The van der Waals surface area contributed by atoms with Crippen LogP contribution in [0.15, 0.2) is 66.0 Å². The summed E-state index contributed by atoms with van der Waals surface area (Å²) in [4.78, 5) is 4.69. The molecule has 0 saturated carbocycles. The molecule has 0 aliphatic rings. The second-order valence-electron chi connectivity index (χ2n) is 4.33. The lowest BCUT2D eigenvalue weighted by atomic mass is 10.2. The van der Waals surface area contributed by atoms with Gasteiger partial charge in [-0.2, -0.15) is 0 Å². The van der Waals surface area contributed by atoms with E-state index in [0.29, 0.717) is 0 Å². The number of imidazole rings is 1. The van der Waals surface area contributed by atoms with Gasteiger partial charge in [0.15, 0.2) is 5.16 Å². The Morgan fingerprint density at radius 1 is 1.05 bits per heavy atom. The number of hydrogen-bond donors (Lipinski definition) is 0. The summed E-state index contributed by atoms with van der Waals surface area (Å²) < 4.78 is 2.07. The fourth-order valence-electron chi connectivity index (χ4n) is 2.07. The van der Waals surface area contributed by atoms with E-state index in [1.807, 2.05) is 54.9 Å². The molecule has 4 heteroatoms. The molecule has 0 unspecified atom stereocenters.